The monoisotopic (exact) mass is 343 g/mol. The van der Waals surface area contributed by atoms with E-state index in [2.05, 4.69) is 10.1 Å². The lowest BCUT2D eigenvalue weighted by atomic mass is 10.1. The molecule has 8 nitrogen and oxygen atoms in total. The van der Waals surface area contributed by atoms with Gasteiger partial charge in [-0.1, -0.05) is 5.16 Å². The van der Waals surface area contributed by atoms with Gasteiger partial charge in [-0.05, 0) is 19.9 Å². The Morgan fingerprint density at radius 1 is 1.28 bits per heavy atom. The molecule has 1 atom stereocenters. The van der Waals surface area contributed by atoms with E-state index in [4.69, 9.17) is 4.52 Å². The van der Waals surface area contributed by atoms with Crippen LogP contribution in [0.25, 0.3) is 0 Å². The van der Waals surface area contributed by atoms with E-state index in [1.54, 1.807) is 11.8 Å². The zero-order valence-corrected chi connectivity index (χ0v) is 14.6. The Balaban J connectivity index is 1.38. The number of carbonyl (C=O) groups excluding carboxylic acids is 2. The highest BCUT2D eigenvalue weighted by Crippen LogP contribution is 2.31. The number of likely N-dealkylation sites (tertiary alicyclic amines) is 2. The van der Waals surface area contributed by atoms with Gasteiger partial charge in [0, 0.05) is 45.0 Å². The van der Waals surface area contributed by atoms with Gasteiger partial charge in [-0.25, -0.2) is 0 Å². The smallest absolute Gasteiger partial charge is 0.255 e. The predicted molar refractivity (Wildman–Crippen MR) is 87.9 cm³/mol. The van der Waals surface area contributed by atoms with Gasteiger partial charge in [-0.2, -0.15) is 4.98 Å². The first kappa shape index (κ1) is 15.9. The van der Waals surface area contributed by atoms with Crippen molar-refractivity contribution in [2.45, 2.75) is 32.2 Å². The van der Waals surface area contributed by atoms with E-state index >= 15 is 0 Å². The molecule has 2 aromatic rings. The van der Waals surface area contributed by atoms with E-state index in [1.807, 2.05) is 35.7 Å². The maximum atomic E-state index is 12.6. The topological polar surface area (TPSA) is 84.5 Å². The summed E-state index contributed by atoms with van der Waals surface area (Å²) < 4.78 is 7.14. The van der Waals surface area contributed by atoms with Crippen LogP contribution >= 0.6 is 0 Å². The van der Waals surface area contributed by atoms with Gasteiger partial charge in [0.15, 0.2) is 5.82 Å². The molecule has 0 aromatic carbocycles. The number of carbonyl (C=O) groups is 2. The molecular weight excluding hydrogens is 322 g/mol. The zero-order chi connectivity index (χ0) is 17.7. The minimum absolute atomic E-state index is 0.0325. The van der Waals surface area contributed by atoms with Crippen LogP contribution in [-0.2, 0) is 11.8 Å². The lowest BCUT2D eigenvalue weighted by molar-refractivity contribution is -0.132. The summed E-state index contributed by atoms with van der Waals surface area (Å²) in [6.07, 6.45) is 2.28. The van der Waals surface area contributed by atoms with Crippen molar-refractivity contribution < 1.29 is 14.1 Å². The largest absolute Gasteiger partial charge is 0.354 e. The summed E-state index contributed by atoms with van der Waals surface area (Å²) >= 11 is 0. The summed E-state index contributed by atoms with van der Waals surface area (Å²) in [6.45, 7) is 5.44. The van der Waals surface area contributed by atoms with Gasteiger partial charge in [-0.3, -0.25) is 9.59 Å². The highest BCUT2D eigenvalue weighted by atomic mass is 16.5. The molecular formula is C17H21N5O3. The highest BCUT2D eigenvalue weighted by molar-refractivity contribution is 5.96. The number of rotatable bonds is 3. The number of hydrogen-bond acceptors (Lipinski definition) is 5. The normalized spacial score (nSPS) is 21.1. The summed E-state index contributed by atoms with van der Waals surface area (Å²) in [5, 5.41) is 3.80. The van der Waals surface area contributed by atoms with Crippen LogP contribution in [0.4, 0.5) is 0 Å². The molecule has 0 bridgehead atoms. The number of aromatic nitrogens is 3. The summed E-state index contributed by atoms with van der Waals surface area (Å²) in [6, 6.07) is 1.93. The fraction of sp³-hybridized carbons (Fsp3) is 0.529. The third-order valence-electron chi connectivity index (χ3n) is 5.26. The van der Waals surface area contributed by atoms with Gasteiger partial charge in [0.25, 0.3) is 5.91 Å². The molecule has 2 saturated heterocycles. The SMILES string of the molecule is Cc1noc(C2CC(=O)N(C3CN(C(=O)c4ccn(C)c4C)C3)C2)n1. The van der Waals surface area contributed by atoms with E-state index in [0.29, 0.717) is 37.8 Å². The Morgan fingerprint density at radius 3 is 2.64 bits per heavy atom. The first-order chi connectivity index (χ1) is 11.9. The van der Waals surface area contributed by atoms with Crippen LogP contribution in [0.15, 0.2) is 16.8 Å². The van der Waals surface area contributed by atoms with Gasteiger partial charge in [0.05, 0.1) is 17.5 Å². The quantitative estimate of drug-likeness (QED) is 0.825. The van der Waals surface area contributed by atoms with Gasteiger partial charge in [0.2, 0.25) is 11.8 Å². The summed E-state index contributed by atoms with van der Waals surface area (Å²) in [7, 11) is 1.92. The second kappa shape index (κ2) is 5.72. The van der Waals surface area contributed by atoms with E-state index in [9.17, 15) is 9.59 Å². The van der Waals surface area contributed by atoms with Crippen LogP contribution in [-0.4, -0.2) is 62.0 Å². The summed E-state index contributed by atoms with van der Waals surface area (Å²) in [4.78, 5) is 32.8. The predicted octanol–water partition coefficient (Wildman–Crippen LogP) is 0.865. The Labute approximate surface area is 145 Å². The van der Waals surface area contributed by atoms with E-state index in [0.717, 1.165) is 11.3 Å². The molecule has 0 N–H and O–H groups in total. The van der Waals surface area contributed by atoms with Crippen LogP contribution < -0.4 is 0 Å². The van der Waals surface area contributed by atoms with E-state index in [-0.39, 0.29) is 23.8 Å². The Morgan fingerprint density at radius 2 is 2.04 bits per heavy atom. The Hall–Kier alpha value is -2.64. The lowest BCUT2D eigenvalue weighted by Gasteiger charge is -2.44. The van der Waals surface area contributed by atoms with Crippen molar-refractivity contribution in [2.75, 3.05) is 19.6 Å². The van der Waals surface area contributed by atoms with Crippen molar-refractivity contribution in [2.24, 2.45) is 7.05 Å². The standard InChI is InChI=1S/C17H21N5O3/c1-10-14(4-5-20(10)3)17(24)21-8-13(9-21)22-7-12(6-15(22)23)16-18-11(2)19-25-16/h4-5,12-13H,6-9H2,1-3H3. The van der Waals surface area contributed by atoms with Crippen molar-refractivity contribution in [3.05, 3.63) is 35.2 Å². The van der Waals surface area contributed by atoms with Crippen molar-refractivity contribution in [1.29, 1.82) is 0 Å². The fourth-order valence-corrected chi connectivity index (χ4v) is 3.55. The van der Waals surface area contributed by atoms with Crippen LogP contribution in [0.5, 0.6) is 0 Å². The van der Waals surface area contributed by atoms with Gasteiger partial charge < -0.3 is 18.9 Å². The molecule has 2 fully saturated rings. The maximum absolute atomic E-state index is 12.6. The van der Waals surface area contributed by atoms with Crippen LogP contribution in [0.1, 0.15) is 40.1 Å². The van der Waals surface area contributed by atoms with Crippen molar-refractivity contribution >= 4 is 11.8 Å². The molecule has 2 amide bonds. The first-order valence-electron chi connectivity index (χ1n) is 8.45. The number of hydrogen-bond donors (Lipinski definition) is 0. The van der Waals surface area contributed by atoms with Gasteiger partial charge >= 0.3 is 0 Å². The van der Waals surface area contributed by atoms with E-state index < -0.39 is 0 Å². The summed E-state index contributed by atoms with van der Waals surface area (Å²) in [5.74, 6) is 1.19. The molecule has 1 unspecified atom stereocenters. The Kier molecular flexibility index (Phi) is 3.63. The molecule has 132 valence electrons. The molecule has 4 heterocycles. The second-order valence-electron chi connectivity index (χ2n) is 6.92. The van der Waals surface area contributed by atoms with Crippen molar-refractivity contribution in [1.82, 2.24) is 24.5 Å². The maximum Gasteiger partial charge on any atom is 0.255 e. The molecule has 4 rings (SSSR count). The van der Waals surface area contributed by atoms with Gasteiger partial charge in [0.1, 0.15) is 0 Å². The number of nitrogens with zero attached hydrogens (tertiary/aromatic N) is 5. The molecule has 2 aliphatic rings. The first-order valence-corrected chi connectivity index (χ1v) is 8.45. The minimum atomic E-state index is -0.0465. The summed E-state index contributed by atoms with van der Waals surface area (Å²) in [5.41, 5.74) is 1.69. The minimum Gasteiger partial charge on any atom is -0.354 e. The van der Waals surface area contributed by atoms with Crippen molar-refractivity contribution in [3.8, 4) is 0 Å². The highest BCUT2D eigenvalue weighted by Gasteiger charge is 2.43. The molecule has 0 aliphatic carbocycles. The second-order valence-corrected chi connectivity index (χ2v) is 6.92. The molecule has 2 aliphatic heterocycles. The number of aryl methyl sites for hydroxylation is 2. The third kappa shape index (κ3) is 2.61. The van der Waals surface area contributed by atoms with Gasteiger partial charge in [-0.15, -0.1) is 0 Å². The molecule has 8 heteroatoms. The average molecular weight is 343 g/mol. The van der Waals surface area contributed by atoms with Crippen molar-refractivity contribution in [3.63, 3.8) is 0 Å². The fourth-order valence-electron chi connectivity index (χ4n) is 3.55. The molecule has 0 saturated carbocycles. The van der Waals surface area contributed by atoms with Crippen LogP contribution in [0, 0.1) is 13.8 Å². The molecule has 2 aromatic heterocycles. The van der Waals surface area contributed by atoms with Crippen LogP contribution in [0.2, 0.25) is 0 Å². The van der Waals surface area contributed by atoms with E-state index in [1.165, 1.54) is 0 Å². The van der Waals surface area contributed by atoms with Crippen LogP contribution in [0.3, 0.4) is 0 Å². The average Bonchev–Trinajstić information content (AvgIpc) is 3.20. The molecule has 0 radical (unpaired) electrons. The third-order valence-corrected chi connectivity index (χ3v) is 5.26. The number of amides is 2. The Bertz CT molecular complexity index is 833. The molecule has 0 spiro atoms. The lowest BCUT2D eigenvalue weighted by Crippen LogP contribution is -2.61. The molecule has 25 heavy (non-hydrogen) atoms. The zero-order valence-electron chi connectivity index (χ0n) is 14.6.